The number of anilines is 1. The number of halogens is 3. The molecule has 0 saturated heterocycles. The molecule has 0 spiro atoms. The molecule has 24 heavy (non-hydrogen) atoms. The zero-order valence-electron chi connectivity index (χ0n) is 11.8. The van der Waals surface area contributed by atoms with E-state index >= 15 is 0 Å². The molecule has 1 aromatic carbocycles. The van der Waals surface area contributed by atoms with Crippen LogP contribution in [0.5, 0.6) is 0 Å². The lowest BCUT2D eigenvalue weighted by Gasteiger charge is -2.04. The largest absolute Gasteiger partial charge is 0.273 e. The SMILES string of the molecule is O=S(=O)(Nc1ncn(Cc2ccc(F)cc2Cl)n1)c1ccc(Br)s1. The summed E-state index contributed by atoms with van der Waals surface area (Å²) in [6.45, 7) is 0.235. The van der Waals surface area contributed by atoms with E-state index in [9.17, 15) is 12.8 Å². The second-order valence-electron chi connectivity index (χ2n) is 4.67. The van der Waals surface area contributed by atoms with Crippen LogP contribution >= 0.6 is 38.9 Å². The molecular weight excluding hydrogens is 443 g/mol. The molecule has 0 bridgehead atoms. The van der Waals surface area contributed by atoms with Crippen LogP contribution in [0.1, 0.15) is 5.56 Å². The predicted molar refractivity (Wildman–Crippen MR) is 93.4 cm³/mol. The minimum absolute atomic E-state index is 0.0576. The van der Waals surface area contributed by atoms with Crippen molar-refractivity contribution in [3.63, 3.8) is 0 Å². The summed E-state index contributed by atoms with van der Waals surface area (Å²) in [4.78, 5) is 3.91. The number of rotatable bonds is 5. The number of sulfonamides is 1. The molecule has 126 valence electrons. The minimum Gasteiger partial charge on any atom is -0.246 e. The molecule has 0 unspecified atom stereocenters. The van der Waals surface area contributed by atoms with Gasteiger partial charge in [-0.1, -0.05) is 17.7 Å². The van der Waals surface area contributed by atoms with Crippen molar-refractivity contribution >= 4 is 54.8 Å². The normalized spacial score (nSPS) is 11.6. The molecule has 2 aromatic heterocycles. The van der Waals surface area contributed by atoms with E-state index in [1.54, 1.807) is 6.07 Å². The van der Waals surface area contributed by atoms with Gasteiger partial charge in [0.1, 0.15) is 16.4 Å². The molecule has 11 heteroatoms. The third-order valence-corrected chi connectivity index (χ3v) is 6.72. The van der Waals surface area contributed by atoms with Gasteiger partial charge in [0.2, 0.25) is 0 Å². The van der Waals surface area contributed by atoms with Gasteiger partial charge in [0.05, 0.1) is 10.3 Å². The second kappa shape index (κ2) is 6.79. The van der Waals surface area contributed by atoms with Crippen LogP contribution in [-0.4, -0.2) is 23.2 Å². The molecule has 0 aliphatic rings. The highest BCUT2D eigenvalue weighted by atomic mass is 79.9. The number of aromatic nitrogens is 3. The summed E-state index contributed by atoms with van der Waals surface area (Å²) in [5, 5.41) is 4.30. The Morgan fingerprint density at radius 2 is 2.12 bits per heavy atom. The number of thiophene rings is 1. The Morgan fingerprint density at radius 1 is 1.33 bits per heavy atom. The Hall–Kier alpha value is -1.49. The van der Waals surface area contributed by atoms with Gasteiger partial charge in [0.25, 0.3) is 16.0 Å². The first-order valence-corrected chi connectivity index (χ1v) is 9.92. The van der Waals surface area contributed by atoms with Crippen molar-refractivity contribution in [2.75, 3.05) is 4.72 Å². The molecule has 1 N–H and O–H groups in total. The van der Waals surface area contributed by atoms with E-state index in [2.05, 4.69) is 30.7 Å². The van der Waals surface area contributed by atoms with E-state index in [1.807, 2.05) is 0 Å². The third-order valence-electron chi connectivity index (χ3n) is 2.92. The summed E-state index contributed by atoms with van der Waals surface area (Å²) in [7, 11) is -3.74. The summed E-state index contributed by atoms with van der Waals surface area (Å²) in [5.41, 5.74) is 0.638. The lowest BCUT2D eigenvalue weighted by atomic mass is 10.2. The van der Waals surface area contributed by atoms with Gasteiger partial charge in [-0.15, -0.1) is 16.4 Å². The van der Waals surface area contributed by atoms with E-state index in [4.69, 9.17) is 11.6 Å². The maximum atomic E-state index is 13.0. The van der Waals surface area contributed by atoms with Crippen LogP contribution in [0.3, 0.4) is 0 Å². The van der Waals surface area contributed by atoms with E-state index in [1.165, 1.54) is 35.3 Å². The smallest absolute Gasteiger partial charge is 0.246 e. The Morgan fingerprint density at radius 3 is 2.79 bits per heavy atom. The number of hydrogen-bond donors (Lipinski definition) is 1. The highest BCUT2D eigenvalue weighted by molar-refractivity contribution is 9.11. The van der Waals surface area contributed by atoms with Crippen molar-refractivity contribution in [3.05, 3.63) is 56.8 Å². The molecule has 0 aliphatic carbocycles. The summed E-state index contributed by atoms with van der Waals surface area (Å²) in [6, 6.07) is 7.14. The average Bonchev–Trinajstić information content (AvgIpc) is 3.11. The van der Waals surface area contributed by atoms with E-state index < -0.39 is 15.8 Å². The Balaban J connectivity index is 1.76. The van der Waals surface area contributed by atoms with Gasteiger partial charge in [-0.25, -0.2) is 22.2 Å². The van der Waals surface area contributed by atoms with Crippen LogP contribution in [-0.2, 0) is 16.6 Å². The fourth-order valence-electron chi connectivity index (χ4n) is 1.85. The van der Waals surface area contributed by atoms with Crippen LogP contribution in [0.25, 0.3) is 0 Å². The Labute approximate surface area is 154 Å². The zero-order chi connectivity index (χ0) is 17.3. The molecule has 6 nitrogen and oxygen atoms in total. The third kappa shape index (κ3) is 3.94. The predicted octanol–water partition coefficient (Wildman–Crippen LogP) is 3.74. The highest BCUT2D eigenvalue weighted by Crippen LogP contribution is 2.27. The zero-order valence-corrected chi connectivity index (χ0v) is 15.8. The minimum atomic E-state index is -3.74. The van der Waals surface area contributed by atoms with Crippen LogP contribution < -0.4 is 4.72 Å². The Bertz CT molecular complexity index is 990. The summed E-state index contributed by atoms with van der Waals surface area (Å²) in [5.74, 6) is -0.490. The standard InChI is InChI=1S/C13H9BrClFN4O2S2/c14-11-3-4-12(23-11)24(21,22)19-13-17-7-20(18-13)6-8-1-2-9(16)5-10(8)15/h1-5,7H,6H2,(H,18,19). The Kier molecular flexibility index (Phi) is 4.90. The highest BCUT2D eigenvalue weighted by Gasteiger charge is 2.18. The quantitative estimate of drug-likeness (QED) is 0.641. The monoisotopic (exact) mass is 450 g/mol. The van der Waals surface area contributed by atoms with Gasteiger partial charge >= 0.3 is 0 Å². The molecule has 0 aliphatic heterocycles. The molecule has 0 amide bonds. The van der Waals surface area contributed by atoms with E-state index in [0.29, 0.717) is 9.35 Å². The summed E-state index contributed by atoms with van der Waals surface area (Å²) in [6.07, 6.45) is 1.36. The molecule has 2 heterocycles. The topological polar surface area (TPSA) is 76.9 Å². The number of benzene rings is 1. The van der Waals surface area contributed by atoms with Crippen LogP contribution in [0, 0.1) is 5.82 Å². The van der Waals surface area contributed by atoms with Gasteiger partial charge < -0.3 is 0 Å². The first-order valence-electron chi connectivity index (χ1n) is 6.45. The second-order valence-corrected chi connectivity index (χ2v) is 9.44. The maximum absolute atomic E-state index is 13.0. The molecule has 3 aromatic rings. The first kappa shape index (κ1) is 17.3. The first-order chi connectivity index (χ1) is 11.3. The van der Waals surface area contributed by atoms with Gasteiger partial charge in [-0.05, 0) is 45.8 Å². The van der Waals surface area contributed by atoms with E-state index in [-0.39, 0.29) is 21.7 Å². The van der Waals surface area contributed by atoms with Crippen molar-refractivity contribution in [3.8, 4) is 0 Å². The molecular formula is C13H9BrClFN4O2S2. The average molecular weight is 452 g/mol. The molecule has 0 radical (unpaired) electrons. The molecule has 0 atom stereocenters. The summed E-state index contributed by atoms with van der Waals surface area (Å²) < 4.78 is 42.0. The summed E-state index contributed by atoms with van der Waals surface area (Å²) >= 11 is 10.3. The van der Waals surface area contributed by atoms with Crippen molar-refractivity contribution in [1.82, 2.24) is 14.8 Å². The molecule has 3 rings (SSSR count). The molecule has 0 fully saturated rings. The van der Waals surface area contributed by atoms with Crippen LogP contribution in [0.15, 0.2) is 44.7 Å². The van der Waals surface area contributed by atoms with Crippen molar-refractivity contribution in [2.24, 2.45) is 0 Å². The lowest BCUT2D eigenvalue weighted by Crippen LogP contribution is -2.13. The van der Waals surface area contributed by atoms with Crippen molar-refractivity contribution < 1.29 is 12.8 Å². The van der Waals surface area contributed by atoms with Gasteiger partial charge in [0.15, 0.2) is 0 Å². The maximum Gasteiger partial charge on any atom is 0.273 e. The number of nitrogens with zero attached hydrogens (tertiary/aromatic N) is 3. The van der Waals surface area contributed by atoms with Crippen molar-refractivity contribution in [1.29, 1.82) is 0 Å². The molecule has 0 saturated carbocycles. The number of hydrogen-bond acceptors (Lipinski definition) is 5. The number of nitrogens with one attached hydrogen (secondary N) is 1. The fourth-order valence-corrected chi connectivity index (χ4v) is 5.04. The van der Waals surface area contributed by atoms with Gasteiger partial charge in [-0.2, -0.15) is 4.98 Å². The van der Waals surface area contributed by atoms with E-state index in [0.717, 1.165) is 11.3 Å². The van der Waals surface area contributed by atoms with Gasteiger partial charge in [0, 0.05) is 5.02 Å². The van der Waals surface area contributed by atoms with Crippen molar-refractivity contribution in [2.45, 2.75) is 10.8 Å². The van der Waals surface area contributed by atoms with Gasteiger partial charge in [-0.3, -0.25) is 0 Å². The van der Waals surface area contributed by atoms with Crippen LogP contribution in [0.2, 0.25) is 5.02 Å². The lowest BCUT2D eigenvalue weighted by molar-refractivity contribution is 0.602. The fraction of sp³-hybridized carbons (Fsp3) is 0.0769. The van der Waals surface area contributed by atoms with Crippen LogP contribution in [0.4, 0.5) is 10.3 Å².